The first-order valence-corrected chi connectivity index (χ1v) is 15.4. The molecule has 0 saturated carbocycles. The van der Waals surface area contributed by atoms with Gasteiger partial charge in [-0.15, -0.1) is 0 Å². The lowest BCUT2D eigenvalue weighted by Crippen LogP contribution is -2.68. The fraction of sp³-hybridized carbons (Fsp3) is 0.429. The van der Waals surface area contributed by atoms with Crippen LogP contribution in [-0.4, -0.2) is 71.7 Å². The summed E-state index contributed by atoms with van der Waals surface area (Å²) in [6.07, 6.45) is 1.69. The first kappa shape index (κ1) is 29.3. The molecule has 3 aromatic carbocycles. The van der Waals surface area contributed by atoms with Crippen molar-refractivity contribution in [2.24, 2.45) is 0 Å². The van der Waals surface area contributed by atoms with Crippen molar-refractivity contribution in [2.45, 2.75) is 69.7 Å². The quantitative estimate of drug-likeness (QED) is 0.388. The number of aryl methyl sites for hydroxylation is 2. The Morgan fingerprint density at radius 1 is 1.07 bits per heavy atom. The number of aromatic hydroxyl groups is 2. The van der Waals surface area contributed by atoms with E-state index in [1.807, 2.05) is 50.4 Å². The summed E-state index contributed by atoms with van der Waals surface area (Å²) in [4.78, 5) is 17.4. The summed E-state index contributed by atoms with van der Waals surface area (Å²) in [7, 11) is 3.54. The van der Waals surface area contributed by atoms with Crippen LogP contribution in [0.4, 0.5) is 0 Å². The number of benzene rings is 3. The topological polar surface area (TPSA) is 125 Å². The van der Waals surface area contributed by atoms with E-state index in [0.29, 0.717) is 53.2 Å². The smallest absolute Gasteiger partial charge is 0.306 e. The van der Waals surface area contributed by atoms with Crippen LogP contribution in [0.3, 0.4) is 0 Å². The monoisotopic (exact) mass is 611 g/mol. The molecule has 10 heteroatoms. The number of hydrogen-bond donors (Lipinski definition) is 2. The number of methoxy groups -OCH3 is 1. The molecule has 3 aromatic rings. The number of hydrogen-bond acceptors (Lipinski definition) is 10. The Hall–Kier alpha value is -4.46. The van der Waals surface area contributed by atoms with Gasteiger partial charge in [-0.05, 0) is 56.8 Å². The zero-order chi connectivity index (χ0) is 31.6. The molecule has 0 spiro atoms. The van der Waals surface area contributed by atoms with Gasteiger partial charge in [-0.1, -0.05) is 36.4 Å². The number of piperazine rings is 1. The SMILES string of the molecule is COc1c(C)cc2c(c1O)[C@@H]1C3Cc4c(O)c(C)c5c(c4[C@H](COC(=O)CCc4ccccc4)N3[C@@H](C#N)[C@H](C2)N1C)OCO5. The Morgan fingerprint density at radius 2 is 1.82 bits per heavy atom. The number of nitrogens with zero attached hydrogens (tertiary/aromatic N) is 3. The standard InChI is InChI=1S/C35H37N3O7/c1-18-12-21-13-23-25(15-36)38-24(30(37(23)3)28(21)32(41)33(18)42-4)14-22-29(35-34(44-17-45-35)19(2)31(22)40)26(38)16-43-27(39)11-10-20-8-6-5-7-9-20/h5-9,12,23-26,30,40-41H,10-11,13-14,16-17H2,1-4H3/t23-,24?,25-,26-,30-/m0/s1. The van der Waals surface area contributed by atoms with Crippen molar-refractivity contribution in [3.05, 3.63) is 75.3 Å². The fourth-order valence-corrected chi connectivity index (χ4v) is 8.14. The van der Waals surface area contributed by atoms with Crippen LogP contribution in [0.5, 0.6) is 28.7 Å². The molecule has 1 unspecified atom stereocenters. The van der Waals surface area contributed by atoms with Crippen molar-refractivity contribution < 1.29 is 34.0 Å². The van der Waals surface area contributed by atoms with Crippen molar-refractivity contribution in [2.75, 3.05) is 27.6 Å². The zero-order valence-corrected chi connectivity index (χ0v) is 25.9. The molecule has 4 aliphatic rings. The lowest BCUT2D eigenvalue weighted by Gasteiger charge is -2.59. The summed E-state index contributed by atoms with van der Waals surface area (Å²) in [5.74, 6) is 1.27. The second-order valence-corrected chi connectivity index (χ2v) is 12.4. The first-order chi connectivity index (χ1) is 21.7. The van der Waals surface area contributed by atoms with E-state index in [-0.39, 0.29) is 55.4 Å². The third-order valence-corrected chi connectivity index (χ3v) is 10.2. The van der Waals surface area contributed by atoms with Gasteiger partial charge in [0, 0.05) is 40.8 Å². The van der Waals surface area contributed by atoms with Crippen LogP contribution in [0, 0.1) is 25.2 Å². The van der Waals surface area contributed by atoms with Gasteiger partial charge in [0.15, 0.2) is 23.0 Å². The van der Waals surface area contributed by atoms with Gasteiger partial charge in [0.1, 0.15) is 18.4 Å². The Bertz CT molecular complexity index is 1720. The normalized spacial score (nSPS) is 24.6. The minimum absolute atomic E-state index is 0.00907. The summed E-state index contributed by atoms with van der Waals surface area (Å²) >= 11 is 0. The third kappa shape index (κ3) is 4.48. The van der Waals surface area contributed by atoms with Crippen molar-refractivity contribution in [1.82, 2.24) is 9.80 Å². The minimum Gasteiger partial charge on any atom is -0.507 e. The van der Waals surface area contributed by atoms with E-state index in [2.05, 4.69) is 15.9 Å². The number of nitriles is 1. The summed E-state index contributed by atoms with van der Waals surface area (Å²) in [6.45, 7) is 3.68. The third-order valence-electron chi connectivity index (χ3n) is 10.2. The lowest BCUT2D eigenvalue weighted by molar-refractivity contribution is -0.149. The van der Waals surface area contributed by atoms with Gasteiger partial charge in [-0.2, -0.15) is 5.26 Å². The number of likely N-dealkylation sites (N-methyl/N-ethyl adjacent to an activating group) is 1. The maximum absolute atomic E-state index is 13.1. The highest BCUT2D eigenvalue weighted by atomic mass is 16.7. The fourth-order valence-electron chi connectivity index (χ4n) is 8.14. The molecule has 234 valence electrons. The van der Waals surface area contributed by atoms with Gasteiger partial charge in [0.2, 0.25) is 6.79 Å². The number of esters is 1. The number of fused-ring (bicyclic) bond motifs is 9. The average Bonchev–Trinajstić information content (AvgIpc) is 3.53. The molecule has 5 atom stereocenters. The summed E-state index contributed by atoms with van der Waals surface area (Å²) in [5, 5.41) is 33.9. The molecule has 0 radical (unpaired) electrons. The van der Waals surface area contributed by atoms with Crippen LogP contribution in [0.15, 0.2) is 36.4 Å². The van der Waals surface area contributed by atoms with Crippen molar-refractivity contribution in [1.29, 1.82) is 5.26 Å². The van der Waals surface area contributed by atoms with Crippen molar-refractivity contribution in [3.8, 4) is 34.8 Å². The van der Waals surface area contributed by atoms with Crippen LogP contribution in [0.2, 0.25) is 0 Å². The van der Waals surface area contributed by atoms with Gasteiger partial charge < -0.3 is 29.2 Å². The maximum Gasteiger partial charge on any atom is 0.306 e. The van der Waals surface area contributed by atoms with Gasteiger partial charge in [-0.25, -0.2) is 0 Å². The Morgan fingerprint density at radius 3 is 2.56 bits per heavy atom. The van der Waals surface area contributed by atoms with E-state index in [0.717, 1.165) is 22.3 Å². The molecule has 45 heavy (non-hydrogen) atoms. The number of phenolic OH excluding ortho intramolecular Hbond substituents is 2. The van der Waals surface area contributed by atoms with E-state index in [1.165, 1.54) is 0 Å². The van der Waals surface area contributed by atoms with E-state index < -0.39 is 12.1 Å². The number of phenols is 2. The summed E-state index contributed by atoms with van der Waals surface area (Å²) in [6, 6.07) is 12.4. The molecule has 0 amide bonds. The molecule has 1 fully saturated rings. The molecule has 4 heterocycles. The number of carbonyl (C=O) groups excluding carboxylic acids is 1. The molecule has 7 rings (SSSR count). The average molecular weight is 612 g/mol. The molecule has 0 aromatic heterocycles. The van der Waals surface area contributed by atoms with Crippen LogP contribution in [0.1, 0.15) is 57.4 Å². The van der Waals surface area contributed by atoms with Gasteiger partial charge in [-0.3, -0.25) is 14.6 Å². The minimum atomic E-state index is -0.597. The molecular formula is C35H37N3O7. The lowest BCUT2D eigenvalue weighted by atomic mass is 9.71. The zero-order valence-electron chi connectivity index (χ0n) is 25.9. The first-order valence-electron chi connectivity index (χ1n) is 15.4. The Labute approximate surface area is 262 Å². The van der Waals surface area contributed by atoms with Gasteiger partial charge >= 0.3 is 5.97 Å². The Kier molecular flexibility index (Phi) is 7.26. The molecule has 1 saturated heterocycles. The largest absolute Gasteiger partial charge is 0.507 e. The molecule has 2 N–H and O–H groups in total. The van der Waals surface area contributed by atoms with E-state index in [4.69, 9.17) is 18.9 Å². The van der Waals surface area contributed by atoms with Crippen LogP contribution in [-0.2, 0) is 28.8 Å². The molecular weight excluding hydrogens is 574 g/mol. The van der Waals surface area contributed by atoms with E-state index in [1.54, 1.807) is 14.0 Å². The van der Waals surface area contributed by atoms with Crippen LogP contribution in [0.25, 0.3) is 0 Å². The number of ether oxygens (including phenoxy) is 4. The Balaban J connectivity index is 1.33. The highest BCUT2D eigenvalue weighted by Gasteiger charge is 2.57. The summed E-state index contributed by atoms with van der Waals surface area (Å²) < 4.78 is 23.4. The predicted octanol–water partition coefficient (Wildman–Crippen LogP) is 4.40. The maximum atomic E-state index is 13.1. The molecule has 0 aliphatic carbocycles. The second-order valence-electron chi connectivity index (χ2n) is 12.4. The van der Waals surface area contributed by atoms with Gasteiger partial charge in [0.05, 0.1) is 25.3 Å². The number of carbonyl (C=O) groups is 1. The van der Waals surface area contributed by atoms with Crippen molar-refractivity contribution in [3.63, 3.8) is 0 Å². The molecule has 10 nitrogen and oxygen atoms in total. The van der Waals surface area contributed by atoms with E-state index in [9.17, 15) is 20.3 Å². The molecule has 2 bridgehead atoms. The highest BCUT2D eigenvalue weighted by Crippen LogP contribution is 2.58. The van der Waals surface area contributed by atoms with Crippen LogP contribution < -0.4 is 14.2 Å². The van der Waals surface area contributed by atoms with E-state index >= 15 is 0 Å². The van der Waals surface area contributed by atoms with Gasteiger partial charge in [0.25, 0.3) is 0 Å². The number of rotatable bonds is 6. The summed E-state index contributed by atoms with van der Waals surface area (Å²) in [5.41, 5.74) is 5.57. The van der Waals surface area contributed by atoms with Crippen LogP contribution >= 0.6 is 0 Å². The second kappa shape index (κ2) is 11.2. The highest BCUT2D eigenvalue weighted by molar-refractivity contribution is 5.70. The predicted molar refractivity (Wildman–Crippen MR) is 164 cm³/mol. The molecule has 4 aliphatic heterocycles. The van der Waals surface area contributed by atoms with Crippen molar-refractivity contribution >= 4 is 5.97 Å².